The lowest BCUT2D eigenvalue weighted by atomic mass is 10.1. The topological polar surface area (TPSA) is 29.5 Å². The summed E-state index contributed by atoms with van der Waals surface area (Å²) in [5.74, 6) is 0.266. The van der Waals surface area contributed by atoms with E-state index in [1.807, 2.05) is 30.3 Å². The lowest BCUT2D eigenvalue weighted by Crippen LogP contribution is -2.39. The Hall–Kier alpha value is -1.19. The van der Waals surface area contributed by atoms with E-state index in [0.717, 1.165) is 18.5 Å². The summed E-state index contributed by atoms with van der Waals surface area (Å²) in [6, 6.07) is 10.3. The second kappa shape index (κ2) is 8.83. The second-order valence-electron chi connectivity index (χ2n) is 4.92. The number of ether oxygens (including phenoxy) is 1. The average molecular weight is 263 g/mol. The Kier molecular flexibility index (Phi) is 7.38. The van der Waals surface area contributed by atoms with Gasteiger partial charge in [-0.1, -0.05) is 37.3 Å². The minimum Gasteiger partial charge on any atom is -0.383 e. The van der Waals surface area contributed by atoms with Crippen molar-refractivity contribution in [2.45, 2.75) is 32.7 Å². The number of carbonyl (C=O) groups excluding carboxylic acids is 1. The molecule has 106 valence electrons. The molecule has 0 aliphatic carbocycles. The molecule has 1 aromatic carbocycles. The smallest absolute Gasteiger partial charge is 0.151 e. The predicted octanol–water partition coefficient (Wildman–Crippen LogP) is 2.55. The minimum absolute atomic E-state index is 0.266. The molecular weight excluding hydrogens is 238 g/mol. The second-order valence-corrected chi connectivity index (χ2v) is 4.92. The van der Waals surface area contributed by atoms with Crippen molar-refractivity contribution in [1.29, 1.82) is 0 Å². The first kappa shape index (κ1) is 15.9. The Balaban J connectivity index is 2.50. The number of hydrogen-bond donors (Lipinski definition) is 0. The minimum atomic E-state index is 0.266. The van der Waals surface area contributed by atoms with Crippen molar-refractivity contribution >= 4 is 5.78 Å². The van der Waals surface area contributed by atoms with Crippen molar-refractivity contribution in [2.75, 3.05) is 26.8 Å². The Morgan fingerprint density at radius 2 is 2.00 bits per heavy atom. The molecule has 1 unspecified atom stereocenters. The molecular formula is C16H25NO2. The van der Waals surface area contributed by atoms with E-state index in [0.29, 0.717) is 25.6 Å². The Bertz CT molecular complexity index is 364. The molecule has 0 aliphatic heterocycles. The van der Waals surface area contributed by atoms with Crippen LogP contribution in [0.5, 0.6) is 0 Å². The van der Waals surface area contributed by atoms with Crippen LogP contribution >= 0.6 is 0 Å². The number of nitrogens with zero attached hydrogens (tertiary/aromatic N) is 1. The molecule has 0 aliphatic rings. The highest BCUT2D eigenvalue weighted by atomic mass is 16.5. The number of methoxy groups -OCH3 is 1. The first-order chi connectivity index (χ1) is 9.17. The van der Waals surface area contributed by atoms with Crippen LogP contribution in [-0.2, 0) is 16.0 Å². The van der Waals surface area contributed by atoms with Gasteiger partial charge in [-0.3, -0.25) is 9.69 Å². The molecule has 1 aromatic rings. The van der Waals surface area contributed by atoms with Gasteiger partial charge in [-0.05, 0) is 18.9 Å². The molecule has 0 fully saturated rings. The summed E-state index contributed by atoms with van der Waals surface area (Å²) in [7, 11) is 1.70. The summed E-state index contributed by atoms with van der Waals surface area (Å²) < 4.78 is 5.11. The van der Waals surface area contributed by atoms with Crippen molar-refractivity contribution in [3.8, 4) is 0 Å². The third-order valence-corrected chi connectivity index (χ3v) is 3.42. The lowest BCUT2D eigenvalue weighted by molar-refractivity contribution is -0.120. The highest BCUT2D eigenvalue weighted by Crippen LogP contribution is 2.06. The van der Waals surface area contributed by atoms with Crippen molar-refractivity contribution in [1.82, 2.24) is 4.90 Å². The van der Waals surface area contributed by atoms with Crippen molar-refractivity contribution < 1.29 is 9.53 Å². The fourth-order valence-electron chi connectivity index (χ4n) is 2.03. The van der Waals surface area contributed by atoms with Gasteiger partial charge in [-0.15, -0.1) is 0 Å². The summed E-state index contributed by atoms with van der Waals surface area (Å²) in [5.41, 5.74) is 1.09. The van der Waals surface area contributed by atoms with Crippen molar-refractivity contribution in [3.63, 3.8) is 0 Å². The maximum atomic E-state index is 12.1. The molecule has 0 saturated heterocycles. The molecule has 0 N–H and O–H groups in total. The Morgan fingerprint density at radius 3 is 2.58 bits per heavy atom. The number of ketones is 1. The van der Waals surface area contributed by atoms with Crippen molar-refractivity contribution in [2.24, 2.45) is 0 Å². The fourth-order valence-corrected chi connectivity index (χ4v) is 2.03. The highest BCUT2D eigenvalue weighted by molar-refractivity contribution is 5.82. The van der Waals surface area contributed by atoms with Gasteiger partial charge in [0.2, 0.25) is 0 Å². The summed E-state index contributed by atoms with van der Waals surface area (Å²) in [4.78, 5) is 14.3. The molecule has 0 saturated carbocycles. The van der Waals surface area contributed by atoms with Crippen LogP contribution in [0, 0.1) is 0 Å². The van der Waals surface area contributed by atoms with E-state index in [4.69, 9.17) is 4.74 Å². The van der Waals surface area contributed by atoms with E-state index in [1.165, 1.54) is 0 Å². The van der Waals surface area contributed by atoms with E-state index >= 15 is 0 Å². The molecule has 0 radical (unpaired) electrons. The lowest BCUT2D eigenvalue weighted by Gasteiger charge is -2.27. The van der Waals surface area contributed by atoms with Gasteiger partial charge >= 0.3 is 0 Å². The quantitative estimate of drug-likeness (QED) is 0.686. The standard InChI is InChI=1S/C16H25NO2/c1-4-14(2)17(10-11-19-3)13-16(18)12-15-8-6-5-7-9-15/h5-9,14H,4,10-13H2,1-3H3. The van der Waals surface area contributed by atoms with Gasteiger partial charge in [-0.2, -0.15) is 0 Å². The van der Waals surface area contributed by atoms with Crippen molar-refractivity contribution in [3.05, 3.63) is 35.9 Å². The number of benzene rings is 1. The average Bonchev–Trinajstić information content (AvgIpc) is 2.43. The first-order valence-electron chi connectivity index (χ1n) is 6.96. The highest BCUT2D eigenvalue weighted by Gasteiger charge is 2.15. The van der Waals surface area contributed by atoms with Gasteiger partial charge in [-0.25, -0.2) is 0 Å². The summed E-state index contributed by atoms with van der Waals surface area (Å²) >= 11 is 0. The van der Waals surface area contributed by atoms with E-state index in [1.54, 1.807) is 7.11 Å². The molecule has 0 aromatic heterocycles. The van der Waals surface area contributed by atoms with Gasteiger partial charge in [0.1, 0.15) is 0 Å². The summed E-state index contributed by atoms with van der Waals surface area (Å²) in [5, 5.41) is 0. The van der Waals surface area contributed by atoms with E-state index in [2.05, 4.69) is 18.7 Å². The maximum Gasteiger partial charge on any atom is 0.151 e. The molecule has 3 nitrogen and oxygen atoms in total. The monoisotopic (exact) mass is 263 g/mol. The SMILES string of the molecule is CCC(C)N(CCOC)CC(=O)Cc1ccccc1. The Morgan fingerprint density at radius 1 is 1.32 bits per heavy atom. The molecule has 0 spiro atoms. The van der Waals surface area contributed by atoms with Crippen LogP contribution in [0.3, 0.4) is 0 Å². The van der Waals surface area contributed by atoms with Gasteiger partial charge in [0.15, 0.2) is 5.78 Å². The molecule has 0 amide bonds. The normalized spacial score (nSPS) is 12.6. The van der Waals surface area contributed by atoms with Crippen LogP contribution < -0.4 is 0 Å². The molecule has 19 heavy (non-hydrogen) atoms. The van der Waals surface area contributed by atoms with E-state index < -0.39 is 0 Å². The molecule has 1 atom stereocenters. The third-order valence-electron chi connectivity index (χ3n) is 3.42. The van der Waals surface area contributed by atoms with Gasteiger partial charge < -0.3 is 4.74 Å². The number of carbonyl (C=O) groups is 1. The first-order valence-corrected chi connectivity index (χ1v) is 6.96. The summed E-state index contributed by atoms with van der Waals surface area (Å²) in [6.07, 6.45) is 1.56. The van der Waals surface area contributed by atoms with Crippen LogP contribution in [0.25, 0.3) is 0 Å². The van der Waals surface area contributed by atoms with Crippen LogP contribution in [-0.4, -0.2) is 43.5 Å². The van der Waals surface area contributed by atoms with Crippen LogP contribution in [0.2, 0.25) is 0 Å². The van der Waals surface area contributed by atoms with Gasteiger partial charge in [0.25, 0.3) is 0 Å². The molecule has 1 rings (SSSR count). The number of hydrogen-bond acceptors (Lipinski definition) is 3. The zero-order valence-electron chi connectivity index (χ0n) is 12.3. The molecule has 0 bridgehead atoms. The van der Waals surface area contributed by atoms with Crippen LogP contribution in [0.15, 0.2) is 30.3 Å². The molecule has 3 heteroatoms. The zero-order valence-corrected chi connectivity index (χ0v) is 12.3. The van der Waals surface area contributed by atoms with Crippen LogP contribution in [0.1, 0.15) is 25.8 Å². The van der Waals surface area contributed by atoms with Gasteiger partial charge in [0, 0.05) is 26.1 Å². The zero-order chi connectivity index (χ0) is 14.1. The summed E-state index contributed by atoms with van der Waals surface area (Å²) in [6.45, 7) is 6.29. The number of Topliss-reactive ketones (excluding diaryl/α,β-unsaturated/α-hetero) is 1. The largest absolute Gasteiger partial charge is 0.383 e. The fraction of sp³-hybridized carbons (Fsp3) is 0.562. The van der Waals surface area contributed by atoms with Crippen LogP contribution in [0.4, 0.5) is 0 Å². The van der Waals surface area contributed by atoms with E-state index in [-0.39, 0.29) is 5.78 Å². The predicted molar refractivity (Wildman–Crippen MR) is 78.4 cm³/mol. The maximum absolute atomic E-state index is 12.1. The van der Waals surface area contributed by atoms with E-state index in [9.17, 15) is 4.79 Å². The molecule has 0 heterocycles. The van der Waals surface area contributed by atoms with Gasteiger partial charge in [0.05, 0.1) is 13.2 Å². The third kappa shape index (κ3) is 5.99. The Labute approximate surface area is 116 Å². The number of rotatable bonds is 9.